The summed E-state index contributed by atoms with van der Waals surface area (Å²) in [5.74, 6) is 0.490. The van der Waals surface area contributed by atoms with Crippen LogP contribution in [0.15, 0.2) is 36.5 Å². The van der Waals surface area contributed by atoms with E-state index < -0.39 is 0 Å². The average molecular weight is 343 g/mol. The lowest BCUT2D eigenvalue weighted by molar-refractivity contribution is 0.0932. The second-order valence-electron chi connectivity index (χ2n) is 5.20. The number of carbonyl (C=O) groups excluding carboxylic acids is 2. The van der Waals surface area contributed by atoms with Gasteiger partial charge in [0.15, 0.2) is 11.5 Å². The van der Waals surface area contributed by atoms with Crippen LogP contribution in [0.2, 0.25) is 0 Å². The first-order chi connectivity index (χ1) is 12.2. The van der Waals surface area contributed by atoms with Crippen molar-refractivity contribution in [2.75, 3.05) is 32.4 Å². The molecule has 0 atom stereocenters. The summed E-state index contributed by atoms with van der Waals surface area (Å²) >= 11 is 0. The fourth-order valence-corrected chi connectivity index (χ4v) is 2.23. The molecular weight excluding hydrogens is 326 g/mol. The maximum absolute atomic E-state index is 12.4. The van der Waals surface area contributed by atoms with Gasteiger partial charge >= 0.3 is 0 Å². The van der Waals surface area contributed by atoms with Gasteiger partial charge in [0.25, 0.3) is 11.8 Å². The average Bonchev–Trinajstić information content (AvgIpc) is 3.09. The zero-order chi connectivity index (χ0) is 17.6. The van der Waals surface area contributed by atoms with E-state index >= 15 is 0 Å². The normalized spacial score (nSPS) is 11.9. The number of amides is 2. The number of methoxy groups -OCH3 is 1. The molecule has 0 bridgehead atoms. The van der Waals surface area contributed by atoms with Crippen LogP contribution < -0.4 is 20.1 Å². The molecule has 8 nitrogen and oxygen atoms in total. The van der Waals surface area contributed by atoms with Gasteiger partial charge in [0, 0.05) is 37.2 Å². The zero-order valence-electron chi connectivity index (χ0n) is 13.6. The summed E-state index contributed by atoms with van der Waals surface area (Å²) in [7, 11) is 1.55. The lowest BCUT2D eigenvalue weighted by Gasteiger charge is -2.08. The molecule has 0 fully saturated rings. The molecular formula is C17H17N3O5. The fourth-order valence-electron chi connectivity index (χ4n) is 2.23. The van der Waals surface area contributed by atoms with E-state index in [0.29, 0.717) is 35.9 Å². The van der Waals surface area contributed by atoms with Crippen molar-refractivity contribution in [3.63, 3.8) is 0 Å². The highest BCUT2D eigenvalue weighted by Gasteiger charge is 2.15. The van der Waals surface area contributed by atoms with Crippen molar-refractivity contribution in [2.24, 2.45) is 0 Å². The summed E-state index contributed by atoms with van der Waals surface area (Å²) in [5.41, 5.74) is 1.05. The highest BCUT2D eigenvalue weighted by Crippen LogP contribution is 2.34. The Labute approximate surface area is 144 Å². The lowest BCUT2D eigenvalue weighted by Crippen LogP contribution is -2.28. The van der Waals surface area contributed by atoms with Gasteiger partial charge in [0.2, 0.25) is 6.79 Å². The molecule has 25 heavy (non-hydrogen) atoms. The van der Waals surface area contributed by atoms with Gasteiger partial charge in [0.05, 0.1) is 6.61 Å². The van der Waals surface area contributed by atoms with Crippen LogP contribution >= 0.6 is 0 Å². The molecule has 1 aromatic carbocycles. The van der Waals surface area contributed by atoms with Gasteiger partial charge in [0.1, 0.15) is 5.69 Å². The topological polar surface area (TPSA) is 98.8 Å². The summed E-state index contributed by atoms with van der Waals surface area (Å²) in [4.78, 5) is 28.4. The van der Waals surface area contributed by atoms with Crippen molar-refractivity contribution in [1.29, 1.82) is 0 Å². The van der Waals surface area contributed by atoms with Crippen LogP contribution in [-0.2, 0) is 4.74 Å². The lowest BCUT2D eigenvalue weighted by atomic mass is 10.2. The Hall–Kier alpha value is -3.13. The summed E-state index contributed by atoms with van der Waals surface area (Å²) in [6.45, 7) is 0.930. The molecule has 3 rings (SSSR count). The number of nitrogens with one attached hydrogen (secondary N) is 2. The van der Waals surface area contributed by atoms with E-state index in [-0.39, 0.29) is 24.3 Å². The number of anilines is 1. The molecule has 0 radical (unpaired) electrons. The van der Waals surface area contributed by atoms with Gasteiger partial charge in [-0.15, -0.1) is 0 Å². The molecule has 0 aliphatic carbocycles. The maximum Gasteiger partial charge on any atom is 0.269 e. The quantitative estimate of drug-likeness (QED) is 0.770. The molecule has 1 aromatic heterocycles. The van der Waals surface area contributed by atoms with Crippen LogP contribution in [0.25, 0.3) is 0 Å². The summed E-state index contributed by atoms with van der Waals surface area (Å²) in [6, 6.07) is 8.09. The van der Waals surface area contributed by atoms with E-state index in [1.165, 1.54) is 18.3 Å². The van der Waals surface area contributed by atoms with Crippen molar-refractivity contribution in [2.45, 2.75) is 0 Å². The van der Waals surface area contributed by atoms with E-state index in [2.05, 4.69) is 15.6 Å². The minimum Gasteiger partial charge on any atom is -0.454 e. The van der Waals surface area contributed by atoms with E-state index in [9.17, 15) is 9.59 Å². The molecule has 2 N–H and O–H groups in total. The minimum absolute atomic E-state index is 0.162. The largest absolute Gasteiger partial charge is 0.454 e. The van der Waals surface area contributed by atoms with E-state index in [0.717, 1.165) is 0 Å². The number of aromatic nitrogens is 1. The van der Waals surface area contributed by atoms with Gasteiger partial charge in [-0.2, -0.15) is 0 Å². The number of hydrogen-bond donors (Lipinski definition) is 2. The molecule has 2 aromatic rings. The number of fused-ring (bicyclic) bond motifs is 1. The third-order valence-electron chi connectivity index (χ3n) is 3.48. The number of nitrogens with zero attached hydrogens (tertiary/aromatic N) is 1. The number of carbonyl (C=O) groups is 2. The predicted molar refractivity (Wildman–Crippen MR) is 89.0 cm³/mol. The van der Waals surface area contributed by atoms with Crippen LogP contribution in [0.4, 0.5) is 5.69 Å². The van der Waals surface area contributed by atoms with E-state index in [1.807, 2.05) is 0 Å². The third-order valence-corrected chi connectivity index (χ3v) is 3.48. The van der Waals surface area contributed by atoms with Crippen molar-refractivity contribution in [1.82, 2.24) is 10.3 Å². The molecule has 8 heteroatoms. The van der Waals surface area contributed by atoms with Gasteiger partial charge in [-0.05, 0) is 24.3 Å². The first kappa shape index (κ1) is 16.7. The number of hydrogen-bond acceptors (Lipinski definition) is 6. The number of rotatable bonds is 6. The minimum atomic E-state index is -0.366. The Kier molecular flexibility index (Phi) is 5.10. The van der Waals surface area contributed by atoms with Crippen LogP contribution in [0.5, 0.6) is 11.5 Å². The number of benzene rings is 1. The second kappa shape index (κ2) is 7.63. The number of ether oxygens (including phenoxy) is 3. The summed E-state index contributed by atoms with van der Waals surface area (Å²) in [6.07, 6.45) is 1.42. The van der Waals surface area contributed by atoms with Crippen molar-refractivity contribution in [3.05, 3.63) is 47.8 Å². The molecule has 130 valence electrons. The predicted octanol–water partition coefficient (Wildman–Crippen LogP) is 1.44. The molecule has 2 amide bonds. The molecule has 0 saturated heterocycles. The van der Waals surface area contributed by atoms with Crippen molar-refractivity contribution < 1.29 is 23.8 Å². The molecule has 0 spiro atoms. The first-order valence-electron chi connectivity index (χ1n) is 7.61. The van der Waals surface area contributed by atoms with Crippen LogP contribution in [0.1, 0.15) is 20.8 Å². The van der Waals surface area contributed by atoms with Gasteiger partial charge in [-0.3, -0.25) is 14.6 Å². The smallest absolute Gasteiger partial charge is 0.269 e. The monoisotopic (exact) mass is 343 g/mol. The Bertz CT molecular complexity index is 794. The van der Waals surface area contributed by atoms with Crippen LogP contribution in [-0.4, -0.2) is 43.9 Å². The zero-order valence-corrected chi connectivity index (χ0v) is 13.6. The van der Waals surface area contributed by atoms with Gasteiger partial charge in [-0.1, -0.05) is 0 Å². The van der Waals surface area contributed by atoms with Crippen molar-refractivity contribution >= 4 is 17.5 Å². The van der Waals surface area contributed by atoms with Crippen molar-refractivity contribution in [3.8, 4) is 11.5 Å². The summed E-state index contributed by atoms with van der Waals surface area (Å²) < 4.78 is 15.4. The number of pyridine rings is 1. The van der Waals surface area contributed by atoms with E-state index in [1.54, 1.807) is 25.3 Å². The van der Waals surface area contributed by atoms with Gasteiger partial charge in [-0.25, -0.2) is 0 Å². The standard InChI is InChI=1S/C17H17N3O5/c1-23-7-6-19-17(22)13-8-11(4-5-18-13)16(21)20-12-2-3-14-15(9-12)25-10-24-14/h2-5,8-9H,6-7,10H2,1H3,(H,19,22)(H,20,21). The Morgan fingerprint density at radius 2 is 2.00 bits per heavy atom. The Morgan fingerprint density at radius 3 is 2.84 bits per heavy atom. The van der Waals surface area contributed by atoms with Crippen LogP contribution in [0, 0.1) is 0 Å². The van der Waals surface area contributed by atoms with Crippen LogP contribution in [0.3, 0.4) is 0 Å². The fraction of sp³-hybridized carbons (Fsp3) is 0.235. The second-order valence-corrected chi connectivity index (χ2v) is 5.20. The molecule has 1 aliphatic heterocycles. The Balaban J connectivity index is 1.68. The van der Waals surface area contributed by atoms with E-state index in [4.69, 9.17) is 14.2 Å². The first-order valence-corrected chi connectivity index (χ1v) is 7.61. The highest BCUT2D eigenvalue weighted by atomic mass is 16.7. The molecule has 2 heterocycles. The van der Waals surface area contributed by atoms with Gasteiger partial charge < -0.3 is 24.8 Å². The summed E-state index contributed by atoms with van der Waals surface area (Å²) in [5, 5.41) is 5.41. The SMILES string of the molecule is COCCNC(=O)c1cc(C(=O)Nc2ccc3c(c2)OCO3)ccn1. The Morgan fingerprint density at radius 1 is 1.16 bits per heavy atom. The molecule has 1 aliphatic rings. The highest BCUT2D eigenvalue weighted by molar-refractivity contribution is 6.05. The molecule has 0 unspecified atom stereocenters. The third kappa shape index (κ3) is 4.04. The maximum atomic E-state index is 12.4. The molecule has 0 saturated carbocycles.